The van der Waals surface area contributed by atoms with Gasteiger partial charge in [-0.25, -0.2) is 13.4 Å². The van der Waals surface area contributed by atoms with Crippen LogP contribution in [0, 0.1) is 0 Å². The monoisotopic (exact) mass is 310 g/mol. The molecule has 0 atom stereocenters. The van der Waals surface area contributed by atoms with Crippen molar-refractivity contribution in [3.63, 3.8) is 0 Å². The minimum atomic E-state index is -3.77. The summed E-state index contributed by atoms with van der Waals surface area (Å²) in [7, 11) is -3.77. The number of hydrogen-bond donors (Lipinski definition) is 1. The lowest BCUT2D eigenvalue weighted by molar-refractivity contribution is 0.260. The summed E-state index contributed by atoms with van der Waals surface area (Å²) in [6.07, 6.45) is 2.55. The summed E-state index contributed by atoms with van der Waals surface area (Å²) in [6, 6.07) is 1.22. The maximum atomic E-state index is 12.2. The molecule has 0 aliphatic carbocycles. The first-order valence-electron chi connectivity index (χ1n) is 4.96. The molecule has 1 aromatic heterocycles. The molecule has 1 heterocycles. The van der Waals surface area contributed by atoms with Crippen LogP contribution in [0.4, 0.5) is 0 Å². The van der Waals surface area contributed by atoms with Crippen LogP contribution in [0.1, 0.15) is 0 Å². The van der Waals surface area contributed by atoms with E-state index in [9.17, 15) is 8.42 Å². The van der Waals surface area contributed by atoms with Crippen LogP contribution >= 0.6 is 23.2 Å². The van der Waals surface area contributed by atoms with Crippen molar-refractivity contribution in [3.05, 3.63) is 35.1 Å². The number of aliphatic hydroxyl groups is 1. The van der Waals surface area contributed by atoms with Crippen molar-refractivity contribution in [1.82, 2.24) is 9.29 Å². The van der Waals surface area contributed by atoms with Gasteiger partial charge in [0.2, 0.25) is 10.0 Å². The van der Waals surface area contributed by atoms with Crippen molar-refractivity contribution >= 4 is 33.2 Å². The molecule has 0 aliphatic heterocycles. The molecule has 8 heteroatoms. The Labute approximate surface area is 116 Å². The SMILES string of the molecule is C=CCN(CCO)S(=O)(=O)c1cnc(Cl)c(Cl)c1. The zero-order chi connectivity index (χ0) is 13.8. The fourth-order valence-electron chi connectivity index (χ4n) is 1.26. The van der Waals surface area contributed by atoms with Crippen LogP contribution in [-0.2, 0) is 10.0 Å². The van der Waals surface area contributed by atoms with E-state index in [0.29, 0.717) is 0 Å². The topological polar surface area (TPSA) is 70.5 Å². The van der Waals surface area contributed by atoms with Crippen LogP contribution in [0.2, 0.25) is 10.2 Å². The maximum absolute atomic E-state index is 12.2. The number of halogens is 2. The molecule has 0 spiro atoms. The van der Waals surface area contributed by atoms with Gasteiger partial charge in [0.15, 0.2) is 0 Å². The van der Waals surface area contributed by atoms with E-state index < -0.39 is 10.0 Å². The van der Waals surface area contributed by atoms with Crippen LogP contribution in [-0.4, -0.2) is 42.5 Å². The summed E-state index contributed by atoms with van der Waals surface area (Å²) >= 11 is 11.4. The Kier molecular flexibility index (Phi) is 5.55. The highest BCUT2D eigenvalue weighted by Crippen LogP contribution is 2.24. The Hall–Kier alpha value is -0.660. The van der Waals surface area contributed by atoms with E-state index in [1.54, 1.807) is 0 Å². The van der Waals surface area contributed by atoms with Gasteiger partial charge < -0.3 is 5.11 Å². The fraction of sp³-hybridized carbons (Fsp3) is 0.300. The van der Waals surface area contributed by atoms with Gasteiger partial charge in [0.1, 0.15) is 10.0 Å². The molecule has 0 saturated carbocycles. The van der Waals surface area contributed by atoms with Crippen molar-refractivity contribution in [3.8, 4) is 0 Å². The number of aromatic nitrogens is 1. The molecule has 0 fully saturated rings. The van der Waals surface area contributed by atoms with E-state index >= 15 is 0 Å². The highest BCUT2D eigenvalue weighted by atomic mass is 35.5. The van der Waals surface area contributed by atoms with Crippen LogP contribution in [0.25, 0.3) is 0 Å². The van der Waals surface area contributed by atoms with E-state index in [-0.39, 0.29) is 34.8 Å². The van der Waals surface area contributed by atoms with Gasteiger partial charge in [0, 0.05) is 19.3 Å². The van der Waals surface area contributed by atoms with Gasteiger partial charge in [-0.15, -0.1) is 6.58 Å². The molecular formula is C10H12Cl2N2O3S. The Morgan fingerprint density at radius 2 is 2.17 bits per heavy atom. The zero-order valence-corrected chi connectivity index (χ0v) is 11.7. The van der Waals surface area contributed by atoms with E-state index in [1.807, 2.05) is 0 Å². The summed E-state index contributed by atoms with van der Waals surface area (Å²) in [6.45, 7) is 3.23. The maximum Gasteiger partial charge on any atom is 0.245 e. The summed E-state index contributed by atoms with van der Waals surface area (Å²) in [5.41, 5.74) is 0. The summed E-state index contributed by atoms with van der Waals surface area (Å²) in [5.74, 6) is 0. The second-order valence-electron chi connectivity index (χ2n) is 3.32. The molecular weight excluding hydrogens is 299 g/mol. The molecule has 1 N–H and O–H groups in total. The molecule has 5 nitrogen and oxygen atoms in total. The lowest BCUT2D eigenvalue weighted by atomic mass is 10.5. The third-order valence-corrected chi connectivity index (χ3v) is 4.61. The zero-order valence-electron chi connectivity index (χ0n) is 9.38. The van der Waals surface area contributed by atoms with Crippen LogP contribution < -0.4 is 0 Å². The van der Waals surface area contributed by atoms with Gasteiger partial charge >= 0.3 is 0 Å². The fourth-order valence-corrected chi connectivity index (χ4v) is 2.97. The molecule has 18 heavy (non-hydrogen) atoms. The predicted molar refractivity (Wildman–Crippen MR) is 70.3 cm³/mol. The number of pyridine rings is 1. The molecule has 0 bridgehead atoms. The summed E-state index contributed by atoms with van der Waals surface area (Å²) < 4.78 is 25.5. The molecule has 0 amide bonds. The van der Waals surface area contributed by atoms with Gasteiger partial charge in [-0.2, -0.15) is 4.31 Å². The Morgan fingerprint density at radius 1 is 1.50 bits per heavy atom. The quantitative estimate of drug-likeness (QED) is 0.639. The van der Waals surface area contributed by atoms with E-state index in [0.717, 1.165) is 10.5 Å². The Bertz CT molecular complexity index is 534. The molecule has 1 aromatic rings. The van der Waals surface area contributed by atoms with Gasteiger partial charge in [-0.3, -0.25) is 0 Å². The summed E-state index contributed by atoms with van der Waals surface area (Å²) in [5, 5.41) is 8.96. The number of hydrogen-bond acceptors (Lipinski definition) is 4. The van der Waals surface area contributed by atoms with Crippen molar-refractivity contribution in [1.29, 1.82) is 0 Å². The van der Waals surface area contributed by atoms with Crippen molar-refractivity contribution in [2.24, 2.45) is 0 Å². The van der Waals surface area contributed by atoms with E-state index in [1.165, 1.54) is 12.1 Å². The first kappa shape index (κ1) is 15.4. The second kappa shape index (κ2) is 6.49. The lowest BCUT2D eigenvalue weighted by Crippen LogP contribution is -2.33. The van der Waals surface area contributed by atoms with Crippen molar-refractivity contribution in [2.75, 3.05) is 19.7 Å². The normalized spacial score (nSPS) is 11.8. The van der Waals surface area contributed by atoms with Crippen molar-refractivity contribution < 1.29 is 13.5 Å². The van der Waals surface area contributed by atoms with E-state index in [4.69, 9.17) is 28.3 Å². The minimum Gasteiger partial charge on any atom is -0.395 e. The van der Waals surface area contributed by atoms with Gasteiger partial charge in [0.05, 0.1) is 11.6 Å². The minimum absolute atomic E-state index is 0.0331. The first-order valence-corrected chi connectivity index (χ1v) is 7.16. The third-order valence-electron chi connectivity index (χ3n) is 2.09. The third kappa shape index (κ3) is 3.43. The number of nitrogens with zero attached hydrogens (tertiary/aromatic N) is 2. The number of aliphatic hydroxyl groups excluding tert-OH is 1. The molecule has 0 aromatic carbocycles. The van der Waals surface area contributed by atoms with Crippen LogP contribution in [0.5, 0.6) is 0 Å². The molecule has 0 saturated heterocycles. The average Bonchev–Trinajstić information content (AvgIpc) is 2.32. The van der Waals surface area contributed by atoms with Gasteiger partial charge in [-0.05, 0) is 6.07 Å². The predicted octanol–water partition coefficient (Wildman–Crippen LogP) is 1.56. The van der Waals surface area contributed by atoms with E-state index in [2.05, 4.69) is 11.6 Å². The van der Waals surface area contributed by atoms with Crippen molar-refractivity contribution in [2.45, 2.75) is 4.90 Å². The number of rotatable bonds is 6. The highest BCUT2D eigenvalue weighted by Gasteiger charge is 2.24. The van der Waals surface area contributed by atoms with Gasteiger partial charge in [-0.1, -0.05) is 29.3 Å². The molecule has 0 radical (unpaired) electrons. The standard InChI is InChI=1S/C10H12Cl2N2O3S/c1-2-3-14(4-5-15)18(16,17)8-6-9(11)10(12)13-7-8/h2,6-7,15H,1,3-5H2. The lowest BCUT2D eigenvalue weighted by Gasteiger charge is -2.19. The highest BCUT2D eigenvalue weighted by molar-refractivity contribution is 7.89. The van der Waals surface area contributed by atoms with Crippen LogP contribution in [0.15, 0.2) is 29.8 Å². The molecule has 0 aliphatic rings. The first-order chi connectivity index (χ1) is 8.43. The Balaban J connectivity index is 3.17. The smallest absolute Gasteiger partial charge is 0.245 e. The summed E-state index contributed by atoms with van der Waals surface area (Å²) in [4.78, 5) is 3.61. The molecule has 100 valence electrons. The molecule has 1 rings (SSSR count). The largest absolute Gasteiger partial charge is 0.395 e. The second-order valence-corrected chi connectivity index (χ2v) is 6.02. The average molecular weight is 311 g/mol. The number of sulfonamides is 1. The van der Waals surface area contributed by atoms with Gasteiger partial charge in [0.25, 0.3) is 0 Å². The Morgan fingerprint density at radius 3 is 2.67 bits per heavy atom. The molecule has 0 unspecified atom stereocenters. The van der Waals surface area contributed by atoms with Crippen LogP contribution in [0.3, 0.4) is 0 Å².